The predicted molar refractivity (Wildman–Crippen MR) is 111 cm³/mol. The molecule has 1 aromatic carbocycles. The zero-order valence-electron chi connectivity index (χ0n) is 17.0. The highest BCUT2D eigenvalue weighted by Gasteiger charge is 2.48. The molecule has 1 aliphatic heterocycles. The van der Waals surface area contributed by atoms with Crippen LogP contribution >= 0.6 is 11.6 Å². The summed E-state index contributed by atoms with van der Waals surface area (Å²) in [5.74, 6) is 0.703. The van der Waals surface area contributed by atoms with E-state index in [0.717, 1.165) is 30.5 Å². The Morgan fingerprint density at radius 1 is 1.31 bits per heavy atom. The van der Waals surface area contributed by atoms with Crippen molar-refractivity contribution in [2.24, 2.45) is 0 Å². The number of halogens is 1. The second-order valence-corrected chi connectivity index (χ2v) is 9.37. The quantitative estimate of drug-likeness (QED) is 0.798. The van der Waals surface area contributed by atoms with Crippen molar-refractivity contribution in [3.05, 3.63) is 62.3 Å². The Bertz CT molecular complexity index is 1010. The Balaban J connectivity index is 1.65. The molecule has 0 unspecified atom stereocenters. The lowest BCUT2D eigenvalue weighted by Crippen LogP contribution is -2.37. The Kier molecular flexibility index (Phi) is 4.93. The normalized spacial score (nSPS) is 18.0. The smallest absolute Gasteiger partial charge is 0.410 e. The standard InChI is InChI=1S/C22H26ClN3O3/c1-21(2,3)29-20(28)26-11-5-8-17-16(13-26)18(27)25-19(24-17)22(9-10-22)14-6-4-7-15(23)12-14/h4,6-7,12H,5,8-11,13H2,1-3H3,(H,24,25,27). The highest BCUT2D eigenvalue weighted by molar-refractivity contribution is 6.30. The number of nitrogens with one attached hydrogen (secondary N) is 1. The van der Waals surface area contributed by atoms with Gasteiger partial charge in [-0.05, 0) is 64.2 Å². The van der Waals surface area contributed by atoms with Gasteiger partial charge >= 0.3 is 6.09 Å². The van der Waals surface area contributed by atoms with Gasteiger partial charge in [-0.1, -0.05) is 23.7 Å². The van der Waals surface area contributed by atoms with Crippen molar-refractivity contribution in [2.75, 3.05) is 6.54 Å². The second-order valence-electron chi connectivity index (χ2n) is 8.94. The van der Waals surface area contributed by atoms with Gasteiger partial charge < -0.3 is 14.6 Å². The number of amides is 1. The first kappa shape index (κ1) is 20.0. The molecule has 1 aromatic heterocycles. The van der Waals surface area contributed by atoms with Crippen LogP contribution in [0.3, 0.4) is 0 Å². The zero-order chi connectivity index (χ0) is 20.8. The van der Waals surface area contributed by atoms with Crippen LogP contribution in [0.25, 0.3) is 0 Å². The molecule has 6 nitrogen and oxygen atoms in total. The van der Waals surface area contributed by atoms with Gasteiger partial charge in [0.05, 0.1) is 23.2 Å². The average Bonchev–Trinajstić information content (AvgIpc) is 3.44. The molecule has 1 fully saturated rings. The van der Waals surface area contributed by atoms with Gasteiger partial charge in [-0.15, -0.1) is 0 Å². The van der Waals surface area contributed by atoms with E-state index in [0.29, 0.717) is 29.4 Å². The molecule has 2 aromatic rings. The maximum absolute atomic E-state index is 13.0. The van der Waals surface area contributed by atoms with Crippen LogP contribution in [0.2, 0.25) is 5.02 Å². The molecule has 1 N–H and O–H groups in total. The summed E-state index contributed by atoms with van der Waals surface area (Å²) >= 11 is 6.18. The topological polar surface area (TPSA) is 75.3 Å². The fraction of sp³-hybridized carbons (Fsp3) is 0.500. The molecule has 2 heterocycles. The molecule has 1 aliphatic carbocycles. The highest BCUT2D eigenvalue weighted by Crippen LogP contribution is 2.52. The number of aromatic nitrogens is 2. The predicted octanol–water partition coefficient (Wildman–Crippen LogP) is 4.19. The molecular weight excluding hydrogens is 390 g/mol. The number of fused-ring (bicyclic) bond motifs is 1. The van der Waals surface area contributed by atoms with Gasteiger partial charge in [-0.2, -0.15) is 0 Å². The molecule has 7 heteroatoms. The lowest BCUT2D eigenvalue weighted by atomic mass is 9.94. The van der Waals surface area contributed by atoms with Crippen LogP contribution in [0, 0.1) is 0 Å². The van der Waals surface area contributed by atoms with Crippen molar-refractivity contribution in [1.82, 2.24) is 14.9 Å². The number of H-pyrrole nitrogens is 1. The molecule has 1 saturated carbocycles. The number of benzene rings is 1. The Labute approximate surface area is 175 Å². The van der Waals surface area contributed by atoms with E-state index in [2.05, 4.69) is 4.98 Å². The van der Waals surface area contributed by atoms with Crippen molar-refractivity contribution in [2.45, 2.75) is 64.0 Å². The Hall–Kier alpha value is -2.34. The van der Waals surface area contributed by atoms with Crippen molar-refractivity contribution in [3.63, 3.8) is 0 Å². The van der Waals surface area contributed by atoms with Gasteiger partial charge in [0.25, 0.3) is 5.56 Å². The molecule has 0 saturated heterocycles. The van der Waals surface area contributed by atoms with Crippen LogP contribution in [0.4, 0.5) is 4.79 Å². The lowest BCUT2D eigenvalue weighted by Gasteiger charge is -2.26. The molecule has 154 valence electrons. The monoisotopic (exact) mass is 415 g/mol. The summed E-state index contributed by atoms with van der Waals surface area (Å²) < 4.78 is 5.49. The van der Waals surface area contributed by atoms with Crippen molar-refractivity contribution < 1.29 is 9.53 Å². The summed E-state index contributed by atoms with van der Waals surface area (Å²) in [6.45, 7) is 6.27. The maximum atomic E-state index is 13.0. The van der Waals surface area contributed by atoms with Gasteiger partial charge in [0.1, 0.15) is 11.4 Å². The summed E-state index contributed by atoms with van der Waals surface area (Å²) in [6, 6.07) is 7.76. The number of carbonyl (C=O) groups is 1. The lowest BCUT2D eigenvalue weighted by molar-refractivity contribution is 0.0236. The second kappa shape index (κ2) is 7.17. The van der Waals surface area contributed by atoms with Gasteiger partial charge in [-0.25, -0.2) is 9.78 Å². The van der Waals surface area contributed by atoms with E-state index in [1.807, 2.05) is 45.0 Å². The minimum Gasteiger partial charge on any atom is -0.444 e. The van der Waals surface area contributed by atoms with Crippen LogP contribution < -0.4 is 5.56 Å². The summed E-state index contributed by atoms with van der Waals surface area (Å²) in [5.41, 5.74) is 1.40. The summed E-state index contributed by atoms with van der Waals surface area (Å²) in [6.07, 6.45) is 2.87. The van der Waals surface area contributed by atoms with E-state index < -0.39 is 11.7 Å². The number of hydrogen-bond acceptors (Lipinski definition) is 4. The minimum absolute atomic E-state index is 0.172. The van der Waals surface area contributed by atoms with E-state index in [9.17, 15) is 9.59 Å². The fourth-order valence-electron chi connectivity index (χ4n) is 3.90. The van der Waals surface area contributed by atoms with Gasteiger partial charge in [0.2, 0.25) is 0 Å². The van der Waals surface area contributed by atoms with Crippen LogP contribution in [0.15, 0.2) is 29.1 Å². The van der Waals surface area contributed by atoms with Crippen LogP contribution in [-0.2, 0) is 23.1 Å². The number of rotatable bonds is 2. The van der Waals surface area contributed by atoms with Gasteiger partial charge in [-0.3, -0.25) is 4.79 Å². The number of nitrogens with zero attached hydrogens (tertiary/aromatic N) is 2. The molecule has 0 spiro atoms. The van der Waals surface area contributed by atoms with Gasteiger partial charge in [0, 0.05) is 11.6 Å². The molecular formula is C22H26ClN3O3. The first-order valence-electron chi connectivity index (χ1n) is 10.0. The number of carbonyl (C=O) groups excluding carboxylic acids is 1. The molecule has 2 aliphatic rings. The Morgan fingerprint density at radius 2 is 2.07 bits per heavy atom. The number of aromatic amines is 1. The third kappa shape index (κ3) is 4.04. The molecule has 4 rings (SSSR count). The minimum atomic E-state index is -0.573. The third-order valence-corrected chi connectivity index (χ3v) is 5.76. The van der Waals surface area contributed by atoms with E-state index in [1.165, 1.54) is 0 Å². The average molecular weight is 416 g/mol. The summed E-state index contributed by atoms with van der Waals surface area (Å²) in [4.78, 5) is 34.9. The van der Waals surface area contributed by atoms with E-state index in [1.54, 1.807) is 4.90 Å². The first-order valence-corrected chi connectivity index (χ1v) is 10.4. The zero-order valence-corrected chi connectivity index (χ0v) is 17.8. The summed E-state index contributed by atoms with van der Waals surface area (Å²) in [5, 5.41) is 0.680. The summed E-state index contributed by atoms with van der Waals surface area (Å²) in [7, 11) is 0. The van der Waals surface area contributed by atoms with Crippen LogP contribution in [-0.4, -0.2) is 33.1 Å². The Morgan fingerprint density at radius 3 is 2.72 bits per heavy atom. The largest absolute Gasteiger partial charge is 0.444 e. The molecule has 0 atom stereocenters. The van der Waals surface area contributed by atoms with Crippen LogP contribution in [0.1, 0.15) is 62.7 Å². The van der Waals surface area contributed by atoms with Gasteiger partial charge in [0.15, 0.2) is 0 Å². The first-order chi connectivity index (χ1) is 13.7. The van der Waals surface area contributed by atoms with E-state index in [-0.39, 0.29) is 17.5 Å². The fourth-order valence-corrected chi connectivity index (χ4v) is 4.09. The number of aryl methyl sites for hydroxylation is 1. The van der Waals surface area contributed by atoms with E-state index in [4.69, 9.17) is 21.3 Å². The third-order valence-electron chi connectivity index (χ3n) is 5.52. The SMILES string of the molecule is CC(C)(C)OC(=O)N1CCCc2nc(C3(c4cccc(Cl)c4)CC3)[nH]c(=O)c2C1. The number of ether oxygens (including phenoxy) is 1. The van der Waals surface area contributed by atoms with Crippen molar-refractivity contribution in [3.8, 4) is 0 Å². The van der Waals surface area contributed by atoms with Crippen molar-refractivity contribution in [1.29, 1.82) is 0 Å². The maximum Gasteiger partial charge on any atom is 0.410 e. The molecule has 0 bridgehead atoms. The number of hydrogen-bond donors (Lipinski definition) is 1. The molecule has 0 radical (unpaired) electrons. The van der Waals surface area contributed by atoms with Crippen LogP contribution in [0.5, 0.6) is 0 Å². The van der Waals surface area contributed by atoms with Crippen molar-refractivity contribution >= 4 is 17.7 Å². The van der Waals surface area contributed by atoms with E-state index >= 15 is 0 Å². The highest BCUT2D eigenvalue weighted by atomic mass is 35.5. The molecule has 1 amide bonds. The molecule has 29 heavy (non-hydrogen) atoms.